The lowest BCUT2D eigenvalue weighted by molar-refractivity contribution is -0.140. The topological polar surface area (TPSA) is 64.6 Å². The second kappa shape index (κ2) is 8.96. The molecule has 20 heavy (non-hydrogen) atoms. The summed E-state index contributed by atoms with van der Waals surface area (Å²) in [7, 11) is 1.35. The molecule has 110 valence electrons. The normalized spacial score (nSPS) is 9.90. The smallest absolute Gasteiger partial charge is 0.305 e. The van der Waals surface area contributed by atoms with Gasteiger partial charge in [0.1, 0.15) is 5.75 Å². The van der Waals surface area contributed by atoms with E-state index in [9.17, 15) is 9.59 Å². The Bertz CT molecular complexity index is 428. The van der Waals surface area contributed by atoms with Crippen molar-refractivity contribution < 1.29 is 19.1 Å². The van der Waals surface area contributed by atoms with Gasteiger partial charge in [-0.05, 0) is 31.0 Å². The Balaban J connectivity index is 2.26. The SMILES string of the molecule is CCOc1ccc(CC(=O)NCCCC(=O)OC)cc1. The van der Waals surface area contributed by atoms with Crippen LogP contribution in [-0.4, -0.2) is 32.1 Å². The molecule has 1 rings (SSSR count). The summed E-state index contributed by atoms with van der Waals surface area (Å²) in [6.45, 7) is 3.03. The maximum absolute atomic E-state index is 11.7. The molecule has 0 radical (unpaired) electrons. The van der Waals surface area contributed by atoms with Gasteiger partial charge in [-0.3, -0.25) is 9.59 Å². The molecule has 0 aromatic heterocycles. The Hall–Kier alpha value is -2.04. The molecule has 1 N–H and O–H groups in total. The Morgan fingerprint density at radius 1 is 1.20 bits per heavy atom. The van der Waals surface area contributed by atoms with Crippen molar-refractivity contribution >= 4 is 11.9 Å². The second-order valence-corrected chi connectivity index (χ2v) is 4.28. The molecule has 0 bridgehead atoms. The monoisotopic (exact) mass is 279 g/mol. The lowest BCUT2D eigenvalue weighted by Crippen LogP contribution is -2.26. The first kappa shape index (κ1) is 16.0. The number of nitrogens with one attached hydrogen (secondary N) is 1. The van der Waals surface area contributed by atoms with Gasteiger partial charge in [-0.1, -0.05) is 12.1 Å². The molecule has 1 amide bonds. The molecule has 0 saturated carbocycles. The van der Waals surface area contributed by atoms with Gasteiger partial charge in [0.25, 0.3) is 0 Å². The van der Waals surface area contributed by atoms with E-state index in [2.05, 4.69) is 10.1 Å². The van der Waals surface area contributed by atoms with E-state index < -0.39 is 0 Å². The van der Waals surface area contributed by atoms with Crippen molar-refractivity contribution in [2.75, 3.05) is 20.3 Å². The molecule has 0 atom stereocenters. The zero-order chi connectivity index (χ0) is 14.8. The van der Waals surface area contributed by atoms with Crippen LogP contribution in [0.4, 0.5) is 0 Å². The number of hydrogen-bond donors (Lipinski definition) is 1. The van der Waals surface area contributed by atoms with Crippen LogP contribution in [0.25, 0.3) is 0 Å². The van der Waals surface area contributed by atoms with Crippen molar-refractivity contribution in [1.29, 1.82) is 0 Å². The molecule has 0 spiro atoms. The highest BCUT2D eigenvalue weighted by Crippen LogP contribution is 2.12. The third-order valence-electron chi connectivity index (χ3n) is 2.71. The van der Waals surface area contributed by atoms with Crippen LogP contribution in [-0.2, 0) is 20.7 Å². The number of rotatable bonds is 8. The standard InChI is InChI=1S/C15H21NO4/c1-3-20-13-8-6-12(7-9-13)11-14(17)16-10-4-5-15(18)19-2/h6-9H,3-5,10-11H2,1-2H3,(H,16,17). The molecule has 0 aliphatic heterocycles. The number of amides is 1. The molecule has 0 fully saturated rings. The number of carbonyl (C=O) groups excluding carboxylic acids is 2. The molecule has 5 nitrogen and oxygen atoms in total. The largest absolute Gasteiger partial charge is 0.494 e. The summed E-state index contributed by atoms with van der Waals surface area (Å²) in [5.74, 6) is 0.486. The van der Waals surface area contributed by atoms with Crippen molar-refractivity contribution in [3.8, 4) is 5.75 Å². The molecule has 1 aromatic carbocycles. The van der Waals surface area contributed by atoms with Gasteiger partial charge in [0.15, 0.2) is 0 Å². The van der Waals surface area contributed by atoms with Gasteiger partial charge >= 0.3 is 5.97 Å². The third kappa shape index (κ3) is 6.22. The predicted octanol–water partition coefficient (Wildman–Crippen LogP) is 1.70. The highest BCUT2D eigenvalue weighted by Gasteiger charge is 2.04. The molecule has 0 unspecified atom stereocenters. The first-order valence-electron chi connectivity index (χ1n) is 6.71. The van der Waals surface area contributed by atoms with Crippen LogP contribution in [0, 0.1) is 0 Å². The minimum atomic E-state index is -0.259. The van der Waals surface area contributed by atoms with E-state index in [-0.39, 0.29) is 11.9 Å². The summed E-state index contributed by atoms with van der Waals surface area (Å²) in [6.07, 6.45) is 1.23. The van der Waals surface area contributed by atoms with Gasteiger partial charge in [0, 0.05) is 13.0 Å². The van der Waals surface area contributed by atoms with Crippen LogP contribution in [0.15, 0.2) is 24.3 Å². The van der Waals surface area contributed by atoms with Crippen LogP contribution in [0.2, 0.25) is 0 Å². The molecule has 5 heteroatoms. The fourth-order valence-electron chi connectivity index (χ4n) is 1.68. The van der Waals surface area contributed by atoms with Crippen molar-refractivity contribution in [3.63, 3.8) is 0 Å². The average molecular weight is 279 g/mol. The molecule has 0 aliphatic rings. The summed E-state index contributed by atoms with van der Waals surface area (Å²) < 4.78 is 9.85. The second-order valence-electron chi connectivity index (χ2n) is 4.28. The van der Waals surface area contributed by atoms with Gasteiger partial charge in [-0.15, -0.1) is 0 Å². The third-order valence-corrected chi connectivity index (χ3v) is 2.71. The number of hydrogen-bond acceptors (Lipinski definition) is 4. The highest BCUT2D eigenvalue weighted by atomic mass is 16.5. The average Bonchev–Trinajstić information content (AvgIpc) is 2.45. The molecule has 0 saturated heterocycles. The van der Waals surface area contributed by atoms with Gasteiger partial charge in [-0.2, -0.15) is 0 Å². The van der Waals surface area contributed by atoms with Crippen molar-refractivity contribution in [3.05, 3.63) is 29.8 Å². The Morgan fingerprint density at radius 2 is 1.90 bits per heavy atom. The van der Waals surface area contributed by atoms with Crippen molar-refractivity contribution in [2.45, 2.75) is 26.2 Å². The van der Waals surface area contributed by atoms with Crippen molar-refractivity contribution in [1.82, 2.24) is 5.32 Å². The van der Waals surface area contributed by atoms with Gasteiger partial charge in [0.05, 0.1) is 20.1 Å². The van der Waals surface area contributed by atoms with Crippen LogP contribution in [0.3, 0.4) is 0 Å². The molecular formula is C15H21NO4. The van der Waals surface area contributed by atoms with E-state index in [1.54, 1.807) is 0 Å². The van der Waals surface area contributed by atoms with E-state index >= 15 is 0 Å². The van der Waals surface area contributed by atoms with Gasteiger partial charge < -0.3 is 14.8 Å². The van der Waals surface area contributed by atoms with E-state index in [0.29, 0.717) is 32.4 Å². The maximum atomic E-state index is 11.7. The van der Waals surface area contributed by atoms with E-state index in [1.807, 2.05) is 31.2 Å². The van der Waals surface area contributed by atoms with Gasteiger partial charge in [0.2, 0.25) is 5.91 Å². The first-order chi connectivity index (χ1) is 9.65. The lowest BCUT2D eigenvalue weighted by atomic mass is 10.1. The first-order valence-corrected chi connectivity index (χ1v) is 6.71. The Kier molecular flexibility index (Phi) is 7.17. The Morgan fingerprint density at radius 3 is 2.50 bits per heavy atom. The minimum Gasteiger partial charge on any atom is -0.494 e. The molecule has 0 heterocycles. The number of carbonyl (C=O) groups is 2. The molecular weight excluding hydrogens is 258 g/mol. The minimum absolute atomic E-state index is 0.0565. The molecule has 0 aliphatic carbocycles. The highest BCUT2D eigenvalue weighted by molar-refractivity contribution is 5.78. The quantitative estimate of drug-likeness (QED) is 0.581. The fraction of sp³-hybridized carbons (Fsp3) is 0.467. The van der Waals surface area contributed by atoms with E-state index in [4.69, 9.17) is 4.74 Å². The zero-order valence-corrected chi connectivity index (χ0v) is 12.0. The Labute approximate surface area is 119 Å². The summed E-state index contributed by atoms with van der Waals surface area (Å²) >= 11 is 0. The lowest BCUT2D eigenvalue weighted by Gasteiger charge is -2.06. The van der Waals surface area contributed by atoms with E-state index in [1.165, 1.54) is 7.11 Å². The number of ether oxygens (including phenoxy) is 2. The van der Waals surface area contributed by atoms with Gasteiger partial charge in [-0.25, -0.2) is 0 Å². The van der Waals surface area contributed by atoms with Crippen LogP contribution < -0.4 is 10.1 Å². The number of methoxy groups -OCH3 is 1. The number of esters is 1. The predicted molar refractivity (Wildman–Crippen MR) is 75.6 cm³/mol. The summed E-state index contributed by atoms with van der Waals surface area (Å²) in [4.78, 5) is 22.6. The summed E-state index contributed by atoms with van der Waals surface area (Å²) in [5, 5.41) is 2.77. The molecule has 1 aromatic rings. The van der Waals surface area contributed by atoms with Crippen LogP contribution >= 0.6 is 0 Å². The van der Waals surface area contributed by atoms with Crippen LogP contribution in [0.5, 0.6) is 5.75 Å². The summed E-state index contributed by atoms with van der Waals surface area (Å²) in [6, 6.07) is 7.45. The zero-order valence-electron chi connectivity index (χ0n) is 12.0. The summed E-state index contributed by atoms with van der Waals surface area (Å²) in [5.41, 5.74) is 0.930. The van der Waals surface area contributed by atoms with E-state index in [0.717, 1.165) is 11.3 Å². The van der Waals surface area contributed by atoms with Crippen molar-refractivity contribution in [2.24, 2.45) is 0 Å². The van der Waals surface area contributed by atoms with Crippen LogP contribution in [0.1, 0.15) is 25.3 Å². The number of benzene rings is 1. The fourth-order valence-corrected chi connectivity index (χ4v) is 1.68. The maximum Gasteiger partial charge on any atom is 0.305 e.